The Morgan fingerprint density at radius 2 is 2.06 bits per heavy atom. The average Bonchev–Trinajstić information content (AvgIpc) is 2.28. The van der Waals surface area contributed by atoms with Crippen LogP contribution in [0.5, 0.6) is 0 Å². The van der Waals surface area contributed by atoms with Crippen LogP contribution in [0.1, 0.15) is 11.1 Å². The van der Waals surface area contributed by atoms with Crippen LogP contribution in [0.4, 0.5) is 0 Å². The predicted molar refractivity (Wildman–Crippen MR) is 72.6 cm³/mol. The molecule has 0 aliphatic carbocycles. The van der Waals surface area contributed by atoms with Gasteiger partial charge in [-0.3, -0.25) is 9.59 Å². The summed E-state index contributed by atoms with van der Waals surface area (Å²) >= 11 is 1.12. The molecule has 0 bridgehead atoms. The summed E-state index contributed by atoms with van der Waals surface area (Å²) in [5, 5.41) is 8.48. The minimum atomic E-state index is -0.894. The molecular weight excluding hydrogens is 250 g/mol. The highest BCUT2D eigenvalue weighted by atomic mass is 32.2. The van der Waals surface area contributed by atoms with Crippen LogP contribution in [0, 0.1) is 6.92 Å². The summed E-state index contributed by atoms with van der Waals surface area (Å²) in [4.78, 5) is 23.7. The van der Waals surface area contributed by atoms with Gasteiger partial charge in [0, 0.05) is 13.6 Å². The number of carboxylic acid groups (broad SMARTS) is 1. The number of nitrogens with zero attached hydrogens (tertiary/aromatic N) is 1. The van der Waals surface area contributed by atoms with E-state index in [1.165, 1.54) is 0 Å². The van der Waals surface area contributed by atoms with Gasteiger partial charge in [-0.2, -0.15) is 0 Å². The number of aliphatic carboxylic acids is 1. The maximum Gasteiger partial charge on any atom is 0.313 e. The zero-order valence-corrected chi connectivity index (χ0v) is 11.4. The smallest absolute Gasteiger partial charge is 0.313 e. The van der Waals surface area contributed by atoms with E-state index in [9.17, 15) is 9.59 Å². The van der Waals surface area contributed by atoms with Gasteiger partial charge in [0.25, 0.3) is 0 Å². The maximum absolute atomic E-state index is 11.7. The Hall–Kier alpha value is -1.49. The number of hydrogen-bond donors (Lipinski definition) is 1. The number of carbonyl (C=O) groups excluding carboxylic acids is 1. The van der Waals surface area contributed by atoms with Crippen molar-refractivity contribution >= 4 is 23.6 Å². The molecule has 1 aromatic rings. The number of carboxylic acids is 1. The Morgan fingerprint density at radius 1 is 1.33 bits per heavy atom. The van der Waals surface area contributed by atoms with E-state index in [-0.39, 0.29) is 17.4 Å². The van der Waals surface area contributed by atoms with Gasteiger partial charge in [-0.25, -0.2) is 0 Å². The summed E-state index contributed by atoms with van der Waals surface area (Å²) in [6.07, 6.45) is 0. The van der Waals surface area contributed by atoms with E-state index < -0.39 is 5.97 Å². The van der Waals surface area contributed by atoms with Crippen molar-refractivity contribution in [2.45, 2.75) is 13.5 Å². The molecule has 0 fully saturated rings. The van der Waals surface area contributed by atoms with Gasteiger partial charge in [0.2, 0.25) is 5.91 Å². The predicted octanol–water partition coefficient (Wildman–Crippen LogP) is 1.77. The van der Waals surface area contributed by atoms with E-state index in [0.29, 0.717) is 6.54 Å². The van der Waals surface area contributed by atoms with Gasteiger partial charge < -0.3 is 10.0 Å². The molecular formula is C13H17NO3S. The van der Waals surface area contributed by atoms with Crippen molar-refractivity contribution in [2.24, 2.45) is 0 Å². The second-order valence-electron chi connectivity index (χ2n) is 4.13. The Balaban J connectivity index is 2.42. The minimum absolute atomic E-state index is 0.0377. The van der Waals surface area contributed by atoms with Crippen molar-refractivity contribution in [1.82, 2.24) is 4.90 Å². The number of carbonyl (C=O) groups is 2. The highest BCUT2D eigenvalue weighted by Gasteiger charge is 2.10. The molecule has 98 valence electrons. The number of thioether (sulfide) groups is 1. The molecule has 1 amide bonds. The first kappa shape index (κ1) is 14.6. The second-order valence-corrected chi connectivity index (χ2v) is 5.11. The van der Waals surface area contributed by atoms with Gasteiger partial charge in [-0.15, -0.1) is 11.8 Å². The van der Waals surface area contributed by atoms with E-state index >= 15 is 0 Å². The largest absolute Gasteiger partial charge is 0.481 e. The van der Waals surface area contributed by atoms with E-state index in [0.717, 1.165) is 22.9 Å². The molecule has 4 nitrogen and oxygen atoms in total. The molecule has 0 spiro atoms. The Kier molecular flexibility index (Phi) is 5.71. The number of amides is 1. The van der Waals surface area contributed by atoms with Crippen LogP contribution in [0.2, 0.25) is 0 Å². The average molecular weight is 267 g/mol. The van der Waals surface area contributed by atoms with Gasteiger partial charge in [-0.05, 0) is 12.5 Å². The van der Waals surface area contributed by atoms with E-state index in [1.807, 2.05) is 31.2 Å². The molecule has 0 aromatic heterocycles. The second kappa shape index (κ2) is 7.06. The third kappa shape index (κ3) is 5.23. The fraction of sp³-hybridized carbons (Fsp3) is 0.385. The first-order valence-electron chi connectivity index (χ1n) is 5.58. The molecule has 0 radical (unpaired) electrons. The summed E-state index contributed by atoms with van der Waals surface area (Å²) in [5.74, 6) is -0.782. The lowest BCUT2D eigenvalue weighted by Gasteiger charge is -2.17. The van der Waals surface area contributed by atoms with Gasteiger partial charge in [-0.1, -0.05) is 29.8 Å². The summed E-state index contributed by atoms with van der Waals surface area (Å²) in [6.45, 7) is 2.56. The lowest BCUT2D eigenvalue weighted by Crippen LogP contribution is -2.28. The topological polar surface area (TPSA) is 57.6 Å². The summed E-state index contributed by atoms with van der Waals surface area (Å²) in [5.41, 5.74) is 2.24. The molecule has 0 saturated carbocycles. The molecule has 0 atom stereocenters. The van der Waals surface area contributed by atoms with Crippen LogP contribution in [0.3, 0.4) is 0 Å². The van der Waals surface area contributed by atoms with Gasteiger partial charge in [0.1, 0.15) is 0 Å². The van der Waals surface area contributed by atoms with Gasteiger partial charge in [0.15, 0.2) is 0 Å². The fourth-order valence-electron chi connectivity index (χ4n) is 1.51. The molecule has 1 rings (SSSR count). The van der Waals surface area contributed by atoms with Crippen LogP contribution in [0.25, 0.3) is 0 Å². The van der Waals surface area contributed by atoms with Crippen LogP contribution >= 0.6 is 11.8 Å². The first-order chi connectivity index (χ1) is 8.49. The van der Waals surface area contributed by atoms with Crippen molar-refractivity contribution in [1.29, 1.82) is 0 Å². The molecule has 5 heteroatoms. The summed E-state index contributed by atoms with van der Waals surface area (Å²) in [7, 11) is 1.73. The van der Waals surface area contributed by atoms with Crippen molar-refractivity contribution in [3.63, 3.8) is 0 Å². The zero-order chi connectivity index (χ0) is 13.5. The van der Waals surface area contributed by atoms with Crippen LogP contribution in [-0.2, 0) is 16.1 Å². The molecule has 1 aromatic carbocycles. The number of benzene rings is 1. The number of aryl methyl sites for hydroxylation is 1. The van der Waals surface area contributed by atoms with E-state index in [1.54, 1.807) is 11.9 Å². The lowest BCUT2D eigenvalue weighted by molar-refractivity contribution is -0.133. The standard InChI is InChI=1S/C13H17NO3S/c1-10-4-3-5-11(6-10)7-14(2)12(15)8-18-9-13(16)17/h3-6H,7-9H2,1-2H3,(H,16,17). The molecule has 0 aliphatic heterocycles. The number of rotatable bonds is 6. The van der Waals surface area contributed by atoms with Gasteiger partial charge in [0.05, 0.1) is 11.5 Å². The van der Waals surface area contributed by atoms with Crippen molar-refractivity contribution in [3.05, 3.63) is 35.4 Å². The van der Waals surface area contributed by atoms with Crippen molar-refractivity contribution in [2.75, 3.05) is 18.6 Å². The normalized spacial score (nSPS) is 10.1. The number of hydrogen-bond acceptors (Lipinski definition) is 3. The van der Waals surface area contributed by atoms with Gasteiger partial charge >= 0.3 is 5.97 Å². The van der Waals surface area contributed by atoms with Crippen LogP contribution < -0.4 is 0 Å². The Labute approximate surface area is 111 Å². The Bertz CT molecular complexity index is 434. The summed E-state index contributed by atoms with van der Waals surface area (Å²) in [6, 6.07) is 7.98. The van der Waals surface area contributed by atoms with Crippen LogP contribution in [0.15, 0.2) is 24.3 Å². The maximum atomic E-state index is 11.7. The highest BCUT2D eigenvalue weighted by Crippen LogP contribution is 2.08. The van der Waals surface area contributed by atoms with E-state index in [2.05, 4.69) is 0 Å². The molecule has 0 unspecified atom stereocenters. The van der Waals surface area contributed by atoms with Crippen molar-refractivity contribution < 1.29 is 14.7 Å². The molecule has 18 heavy (non-hydrogen) atoms. The fourth-order valence-corrected chi connectivity index (χ4v) is 2.18. The molecule has 0 heterocycles. The highest BCUT2D eigenvalue weighted by molar-refractivity contribution is 8.00. The quantitative estimate of drug-likeness (QED) is 0.853. The van der Waals surface area contributed by atoms with E-state index in [4.69, 9.17) is 5.11 Å². The van der Waals surface area contributed by atoms with Crippen molar-refractivity contribution in [3.8, 4) is 0 Å². The third-order valence-electron chi connectivity index (χ3n) is 2.38. The first-order valence-corrected chi connectivity index (χ1v) is 6.73. The van der Waals surface area contributed by atoms with Crippen LogP contribution in [-0.4, -0.2) is 40.4 Å². The third-order valence-corrected chi connectivity index (χ3v) is 3.28. The monoisotopic (exact) mass is 267 g/mol. The molecule has 0 aliphatic rings. The Morgan fingerprint density at radius 3 is 2.67 bits per heavy atom. The molecule has 1 N–H and O–H groups in total. The molecule has 0 saturated heterocycles. The lowest BCUT2D eigenvalue weighted by atomic mass is 10.1. The SMILES string of the molecule is Cc1cccc(CN(C)C(=O)CSCC(=O)O)c1. The zero-order valence-electron chi connectivity index (χ0n) is 10.5. The minimum Gasteiger partial charge on any atom is -0.481 e. The summed E-state index contributed by atoms with van der Waals surface area (Å²) < 4.78 is 0.